The van der Waals surface area contributed by atoms with Gasteiger partial charge in [0.2, 0.25) is 0 Å². The largest absolute Gasteiger partial charge is 0.363 e. The van der Waals surface area contributed by atoms with E-state index in [2.05, 4.69) is 20.2 Å². The molecule has 2 aromatic heterocycles. The molecule has 1 aliphatic rings. The zero-order chi connectivity index (χ0) is 17.1. The van der Waals surface area contributed by atoms with Gasteiger partial charge in [0.25, 0.3) is 5.91 Å². The van der Waals surface area contributed by atoms with Crippen molar-refractivity contribution in [1.82, 2.24) is 15.3 Å². The van der Waals surface area contributed by atoms with Gasteiger partial charge in [-0.15, -0.1) is 11.3 Å². The predicted octanol–water partition coefficient (Wildman–Crippen LogP) is 2.31. The summed E-state index contributed by atoms with van der Waals surface area (Å²) in [5, 5.41) is 3.16. The standard InChI is InChI=1S/C17H23N5OS/c1-12-6-7-14(24-12)17(23)20-13-5-4-8-22(10-13)16-9-15(21(2)3)18-11-19-16/h6-7,9,11,13H,4-5,8,10H2,1-3H3,(H,20,23)/t13-/m1/s1. The Bertz CT molecular complexity index is 715. The highest BCUT2D eigenvalue weighted by atomic mass is 32.1. The van der Waals surface area contributed by atoms with Crippen LogP contribution in [0.2, 0.25) is 0 Å². The molecule has 1 fully saturated rings. The number of rotatable bonds is 4. The Morgan fingerprint density at radius 1 is 1.38 bits per heavy atom. The second-order valence-electron chi connectivity index (χ2n) is 6.30. The quantitative estimate of drug-likeness (QED) is 0.921. The zero-order valence-electron chi connectivity index (χ0n) is 14.3. The Morgan fingerprint density at radius 2 is 2.21 bits per heavy atom. The van der Waals surface area contributed by atoms with Crippen molar-refractivity contribution in [1.29, 1.82) is 0 Å². The molecule has 6 nitrogen and oxygen atoms in total. The smallest absolute Gasteiger partial charge is 0.261 e. The number of carbonyl (C=O) groups excluding carboxylic acids is 1. The van der Waals surface area contributed by atoms with Crippen molar-refractivity contribution in [2.45, 2.75) is 25.8 Å². The zero-order valence-corrected chi connectivity index (χ0v) is 15.1. The Balaban J connectivity index is 1.66. The summed E-state index contributed by atoms with van der Waals surface area (Å²) in [5.41, 5.74) is 0. The van der Waals surface area contributed by atoms with Gasteiger partial charge in [0.1, 0.15) is 18.0 Å². The SMILES string of the molecule is Cc1ccc(C(=O)N[C@@H]2CCCN(c3cc(N(C)C)ncn3)C2)s1. The number of anilines is 2. The topological polar surface area (TPSA) is 61.4 Å². The van der Waals surface area contributed by atoms with Crippen LogP contribution >= 0.6 is 11.3 Å². The molecule has 7 heteroatoms. The molecule has 1 atom stereocenters. The highest BCUT2D eigenvalue weighted by Gasteiger charge is 2.23. The highest BCUT2D eigenvalue weighted by Crippen LogP contribution is 2.21. The number of aryl methyl sites for hydroxylation is 1. The number of thiophene rings is 1. The fourth-order valence-corrected chi connectivity index (χ4v) is 3.64. The van der Waals surface area contributed by atoms with E-state index in [0.717, 1.165) is 47.3 Å². The molecule has 2 aromatic rings. The summed E-state index contributed by atoms with van der Waals surface area (Å²) in [7, 11) is 3.93. The van der Waals surface area contributed by atoms with Crippen LogP contribution in [0.5, 0.6) is 0 Å². The molecular weight excluding hydrogens is 322 g/mol. The summed E-state index contributed by atoms with van der Waals surface area (Å²) in [6, 6.07) is 6.01. The average Bonchev–Trinajstić information content (AvgIpc) is 3.02. The lowest BCUT2D eigenvalue weighted by Crippen LogP contribution is -2.48. The summed E-state index contributed by atoms with van der Waals surface area (Å²) < 4.78 is 0. The third-order valence-corrected chi connectivity index (χ3v) is 5.14. The number of amides is 1. The number of aromatic nitrogens is 2. The van der Waals surface area contributed by atoms with Crippen LogP contribution in [0.4, 0.5) is 11.6 Å². The molecule has 0 aromatic carbocycles. The van der Waals surface area contributed by atoms with E-state index in [1.807, 2.05) is 44.1 Å². The van der Waals surface area contributed by atoms with Crippen LogP contribution in [0.3, 0.4) is 0 Å². The van der Waals surface area contributed by atoms with E-state index < -0.39 is 0 Å². The molecule has 3 rings (SSSR count). The van der Waals surface area contributed by atoms with E-state index in [0.29, 0.717) is 0 Å². The van der Waals surface area contributed by atoms with Crippen LogP contribution < -0.4 is 15.1 Å². The van der Waals surface area contributed by atoms with Crippen molar-refractivity contribution < 1.29 is 4.79 Å². The fourth-order valence-electron chi connectivity index (χ4n) is 2.87. The number of hydrogen-bond acceptors (Lipinski definition) is 6. The van der Waals surface area contributed by atoms with Crippen molar-refractivity contribution in [3.63, 3.8) is 0 Å². The van der Waals surface area contributed by atoms with E-state index >= 15 is 0 Å². The molecular formula is C17H23N5OS. The first-order valence-electron chi connectivity index (χ1n) is 8.14. The van der Waals surface area contributed by atoms with E-state index in [-0.39, 0.29) is 11.9 Å². The maximum absolute atomic E-state index is 12.4. The first-order valence-corrected chi connectivity index (χ1v) is 8.96. The van der Waals surface area contributed by atoms with Crippen molar-refractivity contribution in [3.05, 3.63) is 34.3 Å². The third kappa shape index (κ3) is 3.84. The van der Waals surface area contributed by atoms with Gasteiger partial charge in [0.05, 0.1) is 4.88 Å². The van der Waals surface area contributed by atoms with E-state index in [1.165, 1.54) is 11.3 Å². The van der Waals surface area contributed by atoms with Gasteiger partial charge in [-0.05, 0) is 31.9 Å². The van der Waals surface area contributed by atoms with Gasteiger partial charge in [-0.25, -0.2) is 9.97 Å². The minimum atomic E-state index is 0.0246. The lowest BCUT2D eigenvalue weighted by atomic mass is 10.1. The van der Waals surface area contributed by atoms with Crippen molar-refractivity contribution in [3.8, 4) is 0 Å². The summed E-state index contributed by atoms with van der Waals surface area (Å²) >= 11 is 1.53. The summed E-state index contributed by atoms with van der Waals surface area (Å²) in [6.45, 7) is 3.75. The number of nitrogens with one attached hydrogen (secondary N) is 1. The van der Waals surface area contributed by atoms with Gasteiger partial charge in [0, 0.05) is 44.2 Å². The minimum Gasteiger partial charge on any atom is -0.363 e. The van der Waals surface area contributed by atoms with Crippen LogP contribution in [-0.4, -0.2) is 49.1 Å². The highest BCUT2D eigenvalue weighted by molar-refractivity contribution is 7.13. The number of piperidine rings is 1. The monoisotopic (exact) mass is 345 g/mol. The molecule has 1 saturated heterocycles. The Hall–Kier alpha value is -2.15. The Morgan fingerprint density at radius 3 is 2.92 bits per heavy atom. The van der Waals surface area contributed by atoms with E-state index in [4.69, 9.17) is 0 Å². The summed E-state index contributed by atoms with van der Waals surface area (Å²) in [4.78, 5) is 27.1. The second kappa shape index (κ2) is 7.17. The predicted molar refractivity (Wildman–Crippen MR) is 98.1 cm³/mol. The lowest BCUT2D eigenvalue weighted by molar-refractivity contribution is 0.0937. The van der Waals surface area contributed by atoms with Gasteiger partial charge in [-0.1, -0.05) is 0 Å². The fraction of sp³-hybridized carbons (Fsp3) is 0.471. The van der Waals surface area contributed by atoms with Crippen LogP contribution in [0.1, 0.15) is 27.4 Å². The number of nitrogens with zero attached hydrogens (tertiary/aromatic N) is 4. The first-order chi connectivity index (χ1) is 11.5. The molecule has 1 N–H and O–H groups in total. The van der Waals surface area contributed by atoms with Crippen LogP contribution in [-0.2, 0) is 0 Å². The van der Waals surface area contributed by atoms with Crippen molar-refractivity contribution >= 4 is 28.9 Å². The number of hydrogen-bond donors (Lipinski definition) is 1. The van der Waals surface area contributed by atoms with Crippen LogP contribution in [0, 0.1) is 6.92 Å². The molecule has 0 saturated carbocycles. The molecule has 3 heterocycles. The Labute approximate surface area is 146 Å². The number of carbonyl (C=O) groups is 1. The van der Waals surface area contributed by atoms with Gasteiger partial charge in [-0.2, -0.15) is 0 Å². The molecule has 1 aliphatic heterocycles. The molecule has 0 unspecified atom stereocenters. The van der Waals surface area contributed by atoms with Crippen molar-refractivity contribution in [2.24, 2.45) is 0 Å². The normalized spacial score (nSPS) is 17.6. The van der Waals surface area contributed by atoms with Gasteiger partial charge < -0.3 is 15.1 Å². The van der Waals surface area contributed by atoms with Crippen LogP contribution in [0.15, 0.2) is 24.5 Å². The first kappa shape index (κ1) is 16.7. The molecule has 0 bridgehead atoms. The van der Waals surface area contributed by atoms with Crippen LogP contribution in [0.25, 0.3) is 0 Å². The maximum atomic E-state index is 12.4. The summed E-state index contributed by atoms with van der Waals surface area (Å²) in [6.07, 6.45) is 3.63. The maximum Gasteiger partial charge on any atom is 0.261 e. The van der Waals surface area contributed by atoms with E-state index in [9.17, 15) is 4.79 Å². The third-order valence-electron chi connectivity index (χ3n) is 4.14. The second-order valence-corrected chi connectivity index (χ2v) is 7.59. The summed E-state index contributed by atoms with van der Waals surface area (Å²) in [5.74, 6) is 1.83. The minimum absolute atomic E-state index is 0.0246. The van der Waals surface area contributed by atoms with E-state index in [1.54, 1.807) is 6.33 Å². The van der Waals surface area contributed by atoms with Gasteiger partial charge in [-0.3, -0.25) is 4.79 Å². The lowest BCUT2D eigenvalue weighted by Gasteiger charge is -2.34. The molecule has 0 spiro atoms. The Kier molecular flexibility index (Phi) is 4.99. The molecule has 0 aliphatic carbocycles. The molecule has 128 valence electrons. The molecule has 1 amide bonds. The molecule has 0 radical (unpaired) electrons. The molecule has 24 heavy (non-hydrogen) atoms. The average molecular weight is 345 g/mol. The van der Waals surface area contributed by atoms with Crippen molar-refractivity contribution in [2.75, 3.05) is 37.0 Å². The van der Waals surface area contributed by atoms with Gasteiger partial charge >= 0.3 is 0 Å². The van der Waals surface area contributed by atoms with Gasteiger partial charge in [0.15, 0.2) is 0 Å².